The first-order valence-electron chi connectivity index (χ1n) is 11.6. The van der Waals surface area contributed by atoms with Crippen molar-refractivity contribution < 1.29 is 13.6 Å². The molecule has 2 atom stereocenters. The topological polar surface area (TPSA) is 33.7 Å². The second kappa shape index (κ2) is 9.32. The highest BCUT2D eigenvalue weighted by atomic mass is 79.9. The first-order chi connectivity index (χ1) is 14.3. The van der Waals surface area contributed by atoms with Crippen LogP contribution >= 0.6 is 15.9 Å². The lowest BCUT2D eigenvalue weighted by Gasteiger charge is -2.52. The van der Waals surface area contributed by atoms with Crippen molar-refractivity contribution in [3.05, 3.63) is 22.4 Å². The Kier molecular flexibility index (Phi) is 7.51. The molecule has 3 rings (SSSR count). The molecule has 176 valence electrons. The van der Waals surface area contributed by atoms with Gasteiger partial charge in [-0.05, 0) is 66.8 Å². The van der Waals surface area contributed by atoms with Crippen LogP contribution in [0.2, 0.25) is 18.1 Å². The Morgan fingerprint density at radius 2 is 1.87 bits per heavy atom. The molecule has 0 spiro atoms. The van der Waals surface area contributed by atoms with E-state index in [0.717, 1.165) is 23.9 Å². The van der Waals surface area contributed by atoms with Crippen LogP contribution in [0.5, 0.6) is 5.75 Å². The van der Waals surface area contributed by atoms with Gasteiger partial charge in [0, 0.05) is 30.2 Å². The normalized spacial score (nSPS) is 24.1. The van der Waals surface area contributed by atoms with Gasteiger partial charge in [0.1, 0.15) is 18.2 Å². The molecule has 1 heterocycles. The predicted molar refractivity (Wildman–Crippen MR) is 133 cm³/mol. The Labute approximate surface area is 197 Å². The first-order valence-corrected chi connectivity index (χ1v) is 15.3. The van der Waals surface area contributed by atoms with Crippen LogP contribution in [-0.2, 0) is 4.43 Å². The van der Waals surface area contributed by atoms with Gasteiger partial charge in [-0.1, -0.05) is 33.6 Å². The lowest BCUT2D eigenvalue weighted by molar-refractivity contribution is 0.197. The third kappa shape index (κ3) is 5.84. The highest BCUT2D eigenvalue weighted by Crippen LogP contribution is 2.39. The van der Waals surface area contributed by atoms with Crippen molar-refractivity contribution in [2.75, 3.05) is 24.7 Å². The molecule has 2 fully saturated rings. The highest BCUT2D eigenvalue weighted by molar-refractivity contribution is 9.10. The molecule has 1 N–H and O–H groups in total. The number of hydrogen-bond acceptors (Lipinski definition) is 4. The van der Waals surface area contributed by atoms with Gasteiger partial charge in [0.05, 0.1) is 16.8 Å². The molecular formula is C24H40BrFN2O2Si. The summed E-state index contributed by atoms with van der Waals surface area (Å²) in [7, 11) is -1.81. The molecule has 1 aromatic rings. The zero-order chi connectivity index (χ0) is 23.0. The van der Waals surface area contributed by atoms with Gasteiger partial charge >= 0.3 is 0 Å². The smallest absolute Gasteiger partial charge is 0.192 e. The summed E-state index contributed by atoms with van der Waals surface area (Å²) in [5, 5.41) is 3.95. The van der Waals surface area contributed by atoms with Crippen molar-refractivity contribution in [3.8, 4) is 5.75 Å². The summed E-state index contributed by atoms with van der Waals surface area (Å²) >= 11 is 3.62. The molecule has 0 radical (unpaired) electrons. The van der Waals surface area contributed by atoms with Crippen molar-refractivity contribution in [1.82, 2.24) is 5.32 Å². The number of nitrogens with zero attached hydrogens (tertiary/aromatic N) is 1. The van der Waals surface area contributed by atoms with E-state index in [1.54, 1.807) is 0 Å². The summed E-state index contributed by atoms with van der Waals surface area (Å²) in [6.07, 6.45) is 4.71. The molecule has 0 aromatic heterocycles. The second-order valence-corrected chi connectivity index (χ2v) is 17.0. The highest BCUT2D eigenvalue weighted by Gasteiger charge is 2.41. The summed E-state index contributed by atoms with van der Waals surface area (Å²) in [5.41, 5.74) is 0.622. The van der Waals surface area contributed by atoms with Crippen LogP contribution in [0.15, 0.2) is 16.6 Å². The number of hydrogen-bond donors (Lipinski definition) is 1. The van der Waals surface area contributed by atoms with Crippen molar-refractivity contribution in [2.45, 2.75) is 96.1 Å². The van der Waals surface area contributed by atoms with E-state index in [-0.39, 0.29) is 16.4 Å². The summed E-state index contributed by atoms with van der Waals surface area (Å²) in [6.45, 7) is 17.2. The number of ether oxygens (including phenoxy) is 1. The molecule has 1 aliphatic carbocycles. The average molecular weight is 516 g/mol. The molecular weight excluding hydrogens is 475 g/mol. The molecule has 7 heteroatoms. The minimum atomic E-state index is -1.81. The fourth-order valence-electron chi connectivity index (χ4n) is 4.52. The van der Waals surface area contributed by atoms with Gasteiger partial charge in [-0.15, -0.1) is 0 Å². The number of halogens is 2. The molecule has 0 unspecified atom stereocenters. The van der Waals surface area contributed by atoms with Crippen LogP contribution in [0, 0.1) is 5.82 Å². The maximum atomic E-state index is 15.3. The van der Waals surface area contributed by atoms with Crippen LogP contribution in [0.3, 0.4) is 0 Å². The third-order valence-electron chi connectivity index (χ3n) is 7.19. The Bertz CT molecular complexity index is 782. The van der Waals surface area contributed by atoms with Crippen molar-refractivity contribution >= 4 is 29.9 Å². The third-order valence-corrected chi connectivity index (χ3v) is 12.4. The molecule has 1 saturated heterocycles. The standard InChI is InChI=1S/C24H40BrFN2O2Si/c1-23(2,3)31(6,7)30-13-12-29-22-15-18(26)21(14-17(22)25)28-16-24(4,5)27-19-10-8-9-11-20(19)28/h14-15,19-20,27H,8-13,16H2,1-7H3/t19-,20+/m1/s1. The maximum Gasteiger partial charge on any atom is 0.192 e. The van der Waals surface area contributed by atoms with E-state index < -0.39 is 8.32 Å². The number of piperazine rings is 1. The van der Waals surface area contributed by atoms with Crippen LogP contribution < -0.4 is 15.0 Å². The SMILES string of the molecule is CC1(C)CN(c2cc(Br)c(OCCO[Si](C)(C)C(C)(C)C)cc2F)[C@H]2CCCC[C@H]2N1. The monoisotopic (exact) mass is 514 g/mol. The molecule has 1 aliphatic heterocycles. The molecule has 31 heavy (non-hydrogen) atoms. The minimum absolute atomic E-state index is 0.0479. The van der Waals surface area contributed by atoms with Gasteiger partial charge in [-0.2, -0.15) is 0 Å². The van der Waals surface area contributed by atoms with Gasteiger partial charge in [0.25, 0.3) is 0 Å². The molecule has 1 saturated carbocycles. The summed E-state index contributed by atoms with van der Waals surface area (Å²) in [5.74, 6) is 0.320. The van der Waals surface area contributed by atoms with E-state index in [4.69, 9.17) is 9.16 Å². The van der Waals surface area contributed by atoms with Gasteiger partial charge in [-0.3, -0.25) is 0 Å². The largest absolute Gasteiger partial charge is 0.490 e. The van der Waals surface area contributed by atoms with E-state index in [1.165, 1.54) is 18.9 Å². The summed E-state index contributed by atoms with van der Waals surface area (Å²) < 4.78 is 28.2. The van der Waals surface area contributed by atoms with Gasteiger partial charge in [0.15, 0.2) is 8.32 Å². The van der Waals surface area contributed by atoms with Crippen molar-refractivity contribution in [3.63, 3.8) is 0 Å². The van der Waals surface area contributed by atoms with Gasteiger partial charge in [-0.25, -0.2) is 4.39 Å². The van der Waals surface area contributed by atoms with E-state index >= 15 is 4.39 Å². The number of benzene rings is 1. The van der Waals surface area contributed by atoms with Gasteiger partial charge in [0.2, 0.25) is 0 Å². The summed E-state index contributed by atoms with van der Waals surface area (Å²) in [4.78, 5) is 2.28. The van der Waals surface area contributed by atoms with Crippen LogP contribution in [0.4, 0.5) is 10.1 Å². The molecule has 2 aliphatic rings. The van der Waals surface area contributed by atoms with Crippen LogP contribution in [0.25, 0.3) is 0 Å². The quantitative estimate of drug-likeness (QED) is 0.347. The number of anilines is 1. The lowest BCUT2D eigenvalue weighted by Crippen LogP contribution is -2.67. The number of rotatable bonds is 6. The predicted octanol–water partition coefficient (Wildman–Crippen LogP) is 6.49. The van der Waals surface area contributed by atoms with E-state index in [9.17, 15) is 0 Å². The molecule has 0 amide bonds. The van der Waals surface area contributed by atoms with E-state index in [0.29, 0.717) is 36.7 Å². The molecule has 1 aromatic carbocycles. The van der Waals surface area contributed by atoms with E-state index in [2.05, 4.69) is 73.9 Å². The maximum absolute atomic E-state index is 15.3. The Morgan fingerprint density at radius 3 is 2.55 bits per heavy atom. The number of fused-ring (bicyclic) bond motifs is 1. The number of nitrogens with one attached hydrogen (secondary N) is 1. The first kappa shape index (κ1) is 25.0. The second-order valence-electron chi connectivity index (χ2n) is 11.3. The Balaban J connectivity index is 1.70. The fourth-order valence-corrected chi connectivity index (χ4v) is 5.99. The Hall–Kier alpha value is -0.633. The van der Waals surface area contributed by atoms with Gasteiger partial charge < -0.3 is 19.4 Å². The van der Waals surface area contributed by atoms with Crippen LogP contribution in [-0.4, -0.2) is 45.7 Å². The van der Waals surface area contributed by atoms with Crippen molar-refractivity contribution in [1.29, 1.82) is 0 Å². The zero-order valence-electron chi connectivity index (χ0n) is 20.3. The molecule has 0 bridgehead atoms. The Morgan fingerprint density at radius 1 is 1.19 bits per heavy atom. The average Bonchev–Trinajstić information content (AvgIpc) is 2.65. The fraction of sp³-hybridized carbons (Fsp3) is 0.750. The minimum Gasteiger partial charge on any atom is -0.490 e. The lowest BCUT2D eigenvalue weighted by atomic mass is 9.83. The molecule has 4 nitrogen and oxygen atoms in total. The zero-order valence-corrected chi connectivity index (χ0v) is 22.9. The van der Waals surface area contributed by atoms with Crippen molar-refractivity contribution in [2.24, 2.45) is 0 Å². The van der Waals surface area contributed by atoms with E-state index in [1.807, 2.05) is 6.07 Å². The van der Waals surface area contributed by atoms with Crippen LogP contribution in [0.1, 0.15) is 60.3 Å². The summed E-state index contributed by atoms with van der Waals surface area (Å²) in [6, 6.07) is 4.18.